The summed E-state index contributed by atoms with van der Waals surface area (Å²) < 4.78 is 18.1. The van der Waals surface area contributed by atoms with Crippen LogP contribution in [0.5, 0.6) is 5.75 Å². The number of rotatable bonds is 4. The molecule has 0 aliphatic carbocycles. The third-order valence-corrected chi connectivity index (χ3v) is 1.86. The molecule has 0 bridgehead atoms. The number of benzene rings is 1. The predicted molar refractivity (Wildman–Crippen MR) is 51.7 cm³/mol. The Labute approximate surface area is 82.3 Å². The number of halogens is 1. The van der Waals surface area contributed by atoms with Gasteiger partial charge in [0.25, 0.3) is 0 Å². The quantitative estimate of drug-likeness (QED) is 0.755. The van der Waals surface area contributed by atoms with Gasteiger partial charge >= 0.3 is 0 Å². The van der Waals surface area contributed by atoms with Gasteiger partial charge in [0, 0.05) is 12.6 Å². The number of hydrogen-bond acceptors (Lipinski definition) is 3. The van der Waals surface area contributed by atoms with Gasteiger partial charge in [-0.3, -0.25) is 0 Å². The van der Waals surface area contributed by atoms with E-state index in [-0.39, 0.29) is 19.0 Å². The second kappa shape index (κ2) is 4.93. The molecule has 0 saturated heterocycles. The summed E-state index contributed by atoms with van der Waals surface area (Å²) in [6, 6.07) is 4.57. The summed E-state index contributed by atoms with van der Waals surface area (Å²) in [7, 11) is 0. The van der Waals surface area contributed by atoms with Gasteiger partial charge in [-0.25, -0.2) is 4.39 Å². The van der Waals surface area contributed by atoms with E-state index in [0.717, 1.165) is 0 Å². The Morgan fingerprint density at radius 2 is 2.29 bits per heavy atom. The van der Waals surface area contributed by atoms with Crippen LogP contribution in [0.2, 0.25) is 0 Å². The summed E-state index contributed by atoms with van der Waals surface area (Å²) in [5, 5.41) is 9.10. The third-order valence-electron chi connectivity index (χ3n) is 1.86. The molecular weight excluding hydrogens is 185 g/mol. The largest absolute Gasteiger partial charge is 0.491 e. The molecule has 1 aromatic carbocycles. The maximum absolute atomic E-state index is 13.0. The molecule has 4 heteroatoms. The molecule has 78 valence electrons. The summed E-state index contributed by atoms with van der Waals surface area (Å²) >= 11 is 0. The van der Waals surface area contributed by atoms with Crippen LogP contribution in [0.4, 0.5) is 4.39 Å². The van der Waals surface area contributed by atoms with Gasteiger partial charge in [0.2, 0.25) is 0 Å². The first-order chi connectivity index (χ1) is 6.63. The molecule has 1 aromatic rings. The van der Waals surface area contributed by atoms with Crippen LogP contribution in [0.15, 0.2) is 18.2 Å². The number of ether oxygens (including phenoxy) is 1. The van der Waals surface area contributed by atoms with Crippen molar-refractivity contribution in [2.45, 2.75) is 13.0 Å². The number of hydrogen-bond donors (Lipinski definition) is 2. The molecule has 0 saturated carbocycles. The van der Waals surface area contributed by atoms with Crippen LogP contribution in [-0.4, -0.2) is 24.4 Å². The summed E-state index contributed by atoms with van der Waals surface area (Å²) in [6.45, 7) is 1.89. The fourth-order valence-corrected chi connectivity index (χ4v) is 0.924. The lowest BCUT2D eigenvalue weighted by atomic mass is 10.2. The minimum atomic E-state index is -0.709. The van der Waals surface area contributed by atoms with Crippen molar-refractivity contribution in [1.29, 1.82) is 0 Å². The normalized spacial score (nSPS) is 12.6. The lowest BCUT2D eigenvalue weighted by Crippen LogP contribution is -2.26. The van der Waals surface area contributed by atoms with Gasteiger partial charge in [0.15, 0.2) is 0 Å². The average molecular weight is 199 g/mol. The Morgan fingerprint density at radius 3 is 2.86 bits per heavy atom. The highest BCUT2D eigenvalue weighted by Crippen LogP contribution is 2.15. The van der Waals surface area contributed by atoms with E-state index in [0.29, 0.717) is 11.3 Å². The van der Waals surface area contributed by atoms with E-state index in [9.17, 15) is 4.39 Å². The van der Waals surface area contributed by atoms with Gasteiger partial charge in [-0.2, -0.15) is 0 Å². The highest BCUT2D eigenvalue weighted by molar-refractivity contribution is 5.27. The van der Waals surface area contributed by atoms with Crippen LogP contribution in [0.3, 0.4) is 0 Å². The van der Waals surface area contributed by atoms with E-state index in [1.165, 1.54) is 6.07 Å². The van der Waals surface area contributed by atoms with Crippen LogP contribution in [0.1, 0.15) is 5.56 Å². The molecule has 1 rings (SSSR count). The third kappa shape index (κ3) is 2.97. The molecule has 0 aliphatic rings. The number of aliphatic hydroxyl groups is 1. The van der Waals surface area contributed by atoms with Gasteiger partial charge in [0.05, 0.1) is 0 Å². The summed E-state index contributed by atoms with van der Waals surface area (Å²) in [4.78, 5) is 0. The standard InChI is InChI=1S/C10H14FNO2/c1-7-2-3-9(4-10(7)11)14-6-8(13)5-12/h2-4,8,13H,5-6,12H2,1H3. The lowest BCUT2D eigenvalue weighted by molar-refractivity contribution is 0.114. The molecule has 0 amide bonds. The molecule has 14 heavy (non-hydrogen) atoms. The van der Waals surface area contributed by atoms with Crippen molar-refractivity contribution in [2.75, 3.05) is 13.2 Å². The van der Waals surface area contributed by atoms with Crippen LogP contribution in [0, 0.1) is 12.7 Å². The molecule has 0 fully saturated rings. The summed E-state index contributed by atoms with van der Waals surface area (Å²) in [5.74, 6) is 0.0883. The van der Waals surface area contributed by atoms with Crippen molar-refractivity contribution >= 4 is 0 Å². The van der Waals surface area contributed by atoms with E-state index < -0.39 is 6.10 Å². The molecule has 0 aliphatic heterocycles. The van der Waals surface area contributed by atoms with Crippen LogP contribution >= 0.6 is 0 Å². The van der Waals surface area contributed by atoms with Gasteiger partial charge in [-0.15, -0.1) is 0 Å². The first kappa shape index (κ1) is 10.9. The zero-order valence-corrected chi connectivity index (χ0v) is 8.03. The van der Waals surface area contributed by atoms with Gasteiger partial charge in [-0.05, 0) is 18.6 Å². The lowest BCUT2D eigenvalue weighted by Gasteiger charge is -2.10. The first-order valence-electron chi connectivity index (χ1n) is 4.40. The van der Waals surface area contributed by atoms with Gasteiger partial charge in [0.1, 0.15) is 24.3 Å². The van der Waals surface area contributed by atoms with Crippen molar-refractivity contribution < 1.29 is 14.2 Å². The molecule has 1 atom stereocenters. The van der Waals surface area contributed by atoms with E-state index in [1.807, 2.05) is 0 Å². The monoisotopic (exact) mass is 199 g/mol. The first-order valence-corrected chi connectivity index (χ1v) is 4.40. The smallest absolute Gasteiger partial charge is 0.129 e. The highest BCUT2D eigenvalue weighted by atomic mass is 19.1. The average Bonchev–Trinajstić information content (AvgIpc) is 2.19. The fraction of sp³-hybridized carbons (Fsp3) is 0.400. The van der Waals surface area contributed by atoms with Gasteiger partial charge < -0.3 is 15.6 Å². The highest BCUT2D eigenvalue weighted by Gasteiger charge is 2.03. The maximum Gasteiger partial charge on any atom is 0.129 e. The number of nitrogens with two attached hydrogens (primary N) is 1. The molecule has 1 unspecified atom stereocenters. The second-order valence-corrected chi connectivity index (χ2v) is 3.11. The summed E-state index contributed by atoms with van der Waals surface area (Å²) in [5.41, 5.74) is 5.75. The topological polar surface area (TPSA) is 55.5 Å². The van der Waals surface area contributed by atoms with Crippen LogP contribution in [0.25, 0.3) is 0 Å². The van der Waals surface area contributed by atoms with E-state index >= 15 is 0 Å². The zero-order valence-electron chi connectivity index (χ0n) is 8.03. The van der Waals surface area contributed by atoms with Crippen molar-refractivity contribution in [2.24, 2.45) is 5.73 Å². The minimum Gasteiger partial charge on any atom is -0.491 e. The van der Waals surface area contributed by atoms with E-state index in [4.69, 9.17) is 15.6 Å². The predicted octanol–water partition coefficient (Wildman–Crippen LogP) is 0.833. The van der Waals surface area contributed by atoms with E-state index in [2.05, 4.69) is 0 Å². The molecule has 3 nitrogen and oxygen atoms in total. The summed E-state index contributed by atoms with van der Waals surface area (Å²) in [6.07, 6.45) is -0.709. The molecule has 0 radical (unpaired) electrons. The van der Waals surface area contributed by atoms with Crippen molar-refractivity contribution in [3.8, 4) is 5.75 Å². The Bertz CT molecular complexity index is 304. The Morgan fingerprint density at radius 1 is 1.57 bits per heavy atom. The molecule has 0 heterocycles. The Kier molecular flexibility index (Phi) is 3.85. The van der Waals surface area contributed by atoms with Crippen molar-refractivity contribution in [3.05, 3.63) is 29.6 Å². The number of aliphatic hydroxyl groups excluding tert-OH is 1. The zero-order chi connectivity index (χ0) is 10.6. The van der Waals surface area contributed by atoms with E-state index in [1.54, 1.807) is 19.1 Å². The molecular formula is C10H14FNO2. The van der Waals surface area contributed by atoms with Crippen LogP contribution in [-0.2, 0) is 0 Å². The SMILES string of the molecule is Cc1ccc(OCC(O)CN)cc1F. The maximum atomic E-state index is 13.0. The molecule has 0 aromatic heterocycles. The van der Waals surface area contributed by atoms with Crippen LogP contribution < -0.4 is 10.5 Å². The Balaban J connectivity index is 2.55. The molecule has 0 spiro atoms. The minimum absolute atomic E-state index is 0.0823. The van der Waals surface area contributed by atoms with Crippen molar-refractivity contribution in [1.82, 2.24) is 0 Å². The fourth-order valence-electron chi connectivity index (χ4n) is 0.924. The van der Waals surface area contributed by atoms with Crippen molar-refractivity contribution in [3.63, 3.8) is 0 Å². The Hall–Kier alpha value is -1.13. The van der Waals surface area contributed by atoms with Gasteiger partial charge in [-0.1, -0.05) is 6.07 Å². The molecule has 3 N–H and O–H groups in total. The second-order valence-electron chi connectivity index (χ2n) is 3.11. The number of aryl methyl sites for hydroxylation is 1.